The Labute approximate surface area is 248 Å². The van der Waals surface area contributed by atoms with Crippen LogP contribution in [0.4, 0.5) is 0 Å². The second-order valence-electron chi connectivity index (χ2n) is 10.6. The Bertz CT molecular complexity index is 1290. The van der Waals surface area contributed by atoms with Gasteiger partial charge in [-0.3, -0.25) is 9.80 Å². The molecule has 42 heavy (non-hydrogen) atoms. The van der Waals surface area contributed by atoms with E-state index in [0.29, 0.717) is 104 Å². The van der Waals surface area contributed by atoms with E-state index in [1.165, 1.54) is 0 Å². The molecule has 2 N–H and O–H groups in total. The zero-order chi connectivity index (χ0) is 29.0. The van der Waals surface area contributed by atoms with Crippen molar-refractivity contribution in [2.75, 3.05) is 79.0 Å². The van der Waals surface area contributed by atoms with Gasteiger partial charge in [0.2, 0.25) is 0 Å². The topological polar surface area (TPSA) is 83.9 Å². The number of phenols is 2. The van der Waals surface area contributed by atoms with E-state index in [2.05, 4.69) is 34.1 Å². The van der Waals surface area contributed by atoms with Gasteiger partial charge in [-0.1, -0.05) is 60.7 Å². The van der Waals surface area contributed by atoms with Crippen molar-refractivity contribution in [3.63, 3.8) is 0 Å². The quantitative estimate of drug-likeness (QED) is 0.360. The maximum Gasteiger partial charge on any atom is 0.120 e. The molecule has 0 atom stereocenters. The Balaban J connectivity index is 1.16. The van der Waals surface area contributed by atoms with Crippen LogP contribution >= 0.6 is 0 Å². The molecule has 1 fully saturated rings. The molecule has 0 unspecified atom stereocenters. The minimum atomic E-state index is 0.307. The molecule has 1 aliphatic rings. The molecule has 224 valence electrons. The molecular formula is C34H42N2O6. The summed E-state index contributed by atoms with van der Waals surface area (Å²) in [5.74, 6) is 0.614. The predicted molar refractivity (Wildman–Crippen MR) is 165 cm³/mol. The van der Waals surface area contributed by atoms with Crippen LogP contribution in [0, 0.1) is 0 Å². The van der Waals surface area contributed by atoms with Crippen LogP contribution in [0.25, 0.3) is 21.5 Å². The maximum absolute atomic E-state index is 10.6. The number of aromatic hydroxyl groups is 2. The summed E-state index contributed by atoms with van der Waals surface area (Å²) in [4.78, 5) is 4.51. The lowest BCUT2D eigenvalue weighted by Crippen LogP contribution is -2.33. The Kier molecular flexibility index (Phi) is 11.4. The summed E-state index contributed by atoms with van der Waals surface area (Å²) in [5, 5.41) is 25.6. The van der Waals surface area contributed by atoms with E-state index in [9.17, 15) is 10.2 Å². The number of hydrogen-bond donors (Lipinski definition) is 2. The third-order valence-electron chi connectivity index (χ3n) is 7.75. The summed E-state index contributed by atoms with van der Waals surface area (Å²) in [6.45, 7) is 8.35. The van der Waals surface area contributed by atoms with Gasteiger partial charge in [-0.25, -0.2) is 0 Å². The molecule has 0 saturated carbocycles. The van der Waals surface area contributed by atoms with Gasteiger partial charge < -0.3 is 29.2 Å². The zero-order valence-electron chi connectivity index (χ0n) is 24.2. The van der Waals surface area contributed by atoms with Crippen LogP contribution < -0.4 is 0 Å². The van der Waals surface area contributed by atoms with Gasteiger partial charge in [0.1, 0.15) is 11.5 Å². The molecule has 4 aromatic carbocycles. The van der Waals surface area contributed by atoms with Crippen LogP contribution in [0.5, 0.6) is 11.5 Å². The number of nitrogens with zero attached hydrogens (tertiary/aromatic N) is 2. The fourth-order valence-electron chi connectivity index (χ4n) is 5.39. The van der Waals surface area contributed by atoms with Crippen molar-refractivity contribution in [2.24, 2.45) is 0 Å². The van der Waals surface area contributed by atoms with E-state index in [1.807, 2.05) is 36.4 Å². The summed E-state index contributed by atoms with van der Waals surface area (Å²) >= 11 is 0. The van der Waals surface area contributed by atoms with E-state index in [1.54, 1.807) is 12.1 Å². The van der Waals surface area contributed by atoms with Gasteiger partial charge in [-0.05, 0) is 33.7 Å². The Morgan fingerprint density at radius 2 is 0.810 bits per heavy atom. The van der Waals surface area contributed by atoms with E-state index < -0.39 is 0 Å². The zero-order valence-corrected chi connectivity index (χ0v) is 24.2. The fraction of sp³-hybridized carbons (Fsp3) is 0.412. The smallest absolute Gasteiger partial charge is 0.120 e. The summed E-state index contributed by atoms with van der Waals surface area (Å²) < 4.78 is 23.7. The molecule has 0 amide bonds. The third kappa shape index (κ3) is 8.41. The third-order valence-corrected chi connectivity index (χ3v) is 7.75. The lowest BCUT2D eigenvalue weighted by molar-refractivity contribution is 0.00620. The first-order valence-corrected chi connectivity index (χ1v) is 14.8. The number of fused-ring (bicyclic) bond motifs is 2. The van der Waals surface area contributed by atoms with Crippen molar-refractivity contribution in [2.45, 2.75) is 13.1 Å². The van der Waals surface area contributed by atoms with Crippen LogP contribution in [-0.2, 0) is 32.0 Å². The van der Waals surface area contributed by atoms with E-state index in [4.69, 9.17) is 18.9 Å². The van der Waals surface area contributed by atoms with Crippen LogP contribution in [0.1, 0.15) is 11.1 Å². The van der Waals surface area contributed by atoms with Crippen molar-refractivity contribution in [1.29, 1.82) is 0 Å². The van der Waals surface area contributed by atoms with Crippen molar-refractivity contribution < 1.29 is 29.2 Å². The summed E-state index contributed by atoms with van der Waals surface area (Å²) in [6, 6.07) is 23.7. The van der Waals surface area contributed by atoms with Gasteiger partial charge in [-0.15, -0.1) is 0 Å². The molecule has 0 aliphatic carbocycles. The first-order chi connectivity index (χ1) is 20.7. The van der Waals surface area contributed by atoms with Gasteiger partial charge in [0.05, 0.1) is 52.9 Å². The van der Waals surface area contributed by atoms with Crippen molar-refractivity contribution in [3.05, 3.63) is 83.9 Å². The molecule has 0 spiro atoms. The second kappa shape index (κ2) is 15.8. The molecule has 0 radical (unpaired) electrons. The Morgan fingerprint density at radius 3 is 1.19 bits per heavy atom. The van der Waals surface area contributed by atoms with Crippen molar-refractivity contribution in [3.8, 4) is 11.5 Å². The van der Waals surface area contributed by atoms with Crippen LogP contribution in [0.2, 0.25) is 0 Å². The van der Waals surface area contributed by atoms with Crippen LogP contribution in [0.15, 0.2) is 72.8 Å². The van der Waals surface area contributed by atoms with Gasteiger partial charge in [0.25, 0.3) is 0 Å². The average Bonchev–Trinajstić information content (AvgIpc) is 3.01. The fourth-order valence-corrected chi connectivity index (χ4v) is 5.39. The molecule has 1 aliphatic heterocycles. The predicted octanol–water partition coefficient (Wildman–Crippen LogP) is 4.79. The SMILES string of the molecule is Oc1ccc2ccccc2c1CN1CCOCCOCCN(Cc2c(O)ccc3ccccc23)CCOCCOCC1. The van der Waals surface area contributed by atoms with E-state index in [0.717, 1.165) is 32.7 Å². The van der Waals surface area contributed by atoms with Gasteiger partial charge in [0, 0.05) is 50.4 Å². The second-order valence-corrected chi connectivity index (χ2v) is 10.6. The lowest BCUT2D eigenvalue weighted by atomic mass is 10.0. The molecule has 1 saturated heterocycles. The van der Waals surface area contributed by atoms with E-state index >= 15 is 0 Å². The minimum absolute atomic E-state index is 0.307. The molecule has 8 heteroatoms. The largest absolute Gasteiger partial charge is 0.508 e. The number of phenolic OH excluding ortho intramolecular Hbond substituents is 2. The highest BCUT2D eigenvalue weighted by Gasteiger charge is 2.15. The minimum Gasteiger partial charge on any atom is -0.508 e. The van der Waals surface area contributed by atoms with Crippen molar-refractivity contribution >= 4 is 21.5 Å². The number of hydrogen-bond acceptors (Lipinski definition) is 8. The molecule has 1 heterocycles. The normalized spacial score (nSPS) is 18.1. The van der Waals surface area contributed by atoms with Crippen LogP contribution in [0.3, 0.4) is 0 Å². The first kappa shape index (κ1) is 30.2. The standard InChI is InChI=1S/C34H42N2O6/c37-33-11-9-27-5-1-3-7-29(27)31(33)25-35-13-17-39-21-23-41-19-15-36(16-20-42-24-22-40-18-14-35)26-32-30-8-4-2-6-28(30)10-12-34(32)38/h1-12,37-38H,13-26H2. The number of ether oxygens (including phenoxy) is 4. The highest BCUT2D eigenvalue weighted by atomic mass is 16.5. The van der Waals surface area contributed by atoms with Gasteiger partial charge >= 0.3 is 0 Å². The highest BCUT2D eigenvalue weighted by Crippen LogP contribution is 2.29. The molecule has 5 rings (SSSR count). The lowest BCUT2D eigenvalue weighted by Gasteiger charge is -2.25. The van der Waals surface area contributed by atoms with E-state index in [-0.39, 0.29) is 0 Å². The molecule has 8 nitrogen and oxygen atoms in total. The summed E-state index contributed by atoms with van der Waals surface area (Å²) in [7, 11) is 0. The first-order valence-electron chi connectivity index (χ1n) is 14.8. The Morgan fingerprint density at radius 1 is 0.452 bits per heavy atom. The number of rotatable bonds is 4. The highest BCUT2D eigenvalue weighted by molar-refractivity contribution is 5.88. The average molecular weight is 575 g/mol. The summed E-state index contributed by atoms with van der Waals surface area (Å²) in [5.41, 5.74) is 1.84. The summed E-state index contributed by atoms with van der Waals surface area (Å²) in [6.07, 6.45) is 0. The molecule has 4 aromatic rings. The van der Waals surface area contributed by atoms with Gasteiger partial charge in [0.15, 0.2) is 0 Å². The van der Waals surface area contributed by atoms with Gasteiger partial charge in [-0.2, -0.15) is 0 Å². The number of benzene rings is 4. The molecular weight excluding hydrogens is 532 g/mol. The molecule has 0 bridgehead atoms. The van der Waals surface area contributed by atoms with Crippen molar-refractivity contribution in [1.82, 2.24) is 9.80 Å². The van der Waals surface area contributed by atoms with Crippen LogP contribution in [-0.4, -0.2) is 99.0 Å². The monoisotopic (exact) mass is 574 g/mol. The maximum atomic E-state index is 10.6. The molecule has 0 aromatic heterocycles. The Hall–Kier alpha value is -3.24.